The van der Waals surface area contributed by atoms with Crippen LogP contribution >= 0.6 is 0 Å². The average Bonchev–Trinajstić information content (AvgIpc) is 2.78. The molecule has 0 fully saturated rings. The summed E-state index contributed by atoms with van der Waals surface area (Å²) in [5.74, 6) is 1.71. The third kappa shape index (κ3) is 26.1. The Labute approximate surface area is 196 Å². The van der Waals surface area contributed by atoms with Crippen molar-refractivity contribution < 1.29 is 43.2 Å². The first kappa shape index (κ1) is 31.0. The van der Waals surface area contributed by atoms with Crippen LogP contribution < -0.4 is 5.32 Å². The van der Waals surface area contributed by atoms with Crippen molar-refractivity contribution in [1.29, 1.82) is 0 Å². The van der Waals surface area contributed by atoms with Gasteiger partial charge in [0.15, 0.2) is 0 Å². The molecule has 10 heteroatoms. The molecule has 0 rings (SSSR count). The van der Waals surface area contributed by atoms with E-state index in [-0.39, 0.29) is 24.7 Å². The van der Waals surface area contributed by atoms with Gasteiger partial charge in [0.05, 0.1) is 65.9 Å². The highest BCUT2D eigenvalue weighted by atomic mass is 16.5. The molecule has 0 aliphatic carbocycles. The topological polar surface area (TPSA) is 130 Å². The van der Waals surface area contributed by atoms with Crippen LogP contribution in [0.2, 0.25) is 0 Å². The summed E-state index contributed by atoms with van der Waals surface area (Å²) >= 11 is 0. The number of hydrogen-bond acceptors (Lipinski definition) is 8. The number of carboxylic acid groups (broad SMARTS) is 1. The summed E-state index contributed by atoms with van der Waals surface area (Å²) in [4.78, 5) is 33.5. The molecule has 0 radical (unpaired) electrons. The van der Waals surface area contributed by atoms with Gasteiger partial charge < -0.3 is 34.1 Å². The van der Waals surface area contributed by atoms with E-state index in [1.807, 2.05) is 0 Å². The largest absolute Gasteiger partial charge is 0.481 e. The van der Waals surface area contributed by atoms with Crippen LogP contribution in [0, 0.1) is 12.3 Å². The number of terminal acetylenes is 1. The van der Waals surface area contributed by atoms with Crippen LogP contribution in [0.5, 0.6) is 0 Å². The normalized spacial score (nSPS) is 10.6. The van der Waals surface area contributed by atoms with Crippen molar-refractivity contribution in [3.05, 3.63) is 0 Å². The minimum Gasteiger partial charge on any atom is -0.481 e. The molecule has 0 spiro atoms. The molecule has 0 aliphatic rings. The fraction of sp³-hybridized carbons (Fsp3) is 0.783. The van der Waals surface area contributed by atoms with Crippen LogP contribution in [0.15, 0.2) is 0 Å². The van der Waals surface area contributed by atoms with Crippen LogP contribution in [-0.4, -0.2) is 95.4 Å². The molecule has 1 amide bonds. The first-order chi connectivity index (χ1) is 16.1. The number of Topliss-reactive ketones (excluding diaryl/α,β-unsaturated/α-hetero) is 1. The zero-order chi connectivity index (χ0) is 24.4. The maximum absolute atomic E-state index is 11.8. The maximum atomic E-state index is 11.8. The van der Waals surface area contributed by atoms with Crippen LogP contribution in [-0.2, 0) is 38.1 Å². The number of nitrogens with one attached hydrogen (secondary N) is 1. The first-order valence-electron chi connectivity index (χ1n) is 11.4. The molecule has 0 saturated heterocycles. The molecule has 0 aliphatic heterocycles. The van der Waals surface area contributed by atoms with Gasteiger partial charge in [0.1, 0.15) is 5.78 Å². The molecule has 0 atom stereocenters. The van der Waals surface area contributed by atoms with Crippen LogP contribution in [0.3, 0.4) is 0 Å². The van der Waals surface area contributed by atoms with E-state index in [2.05, 4.69) is 11.2 Å². The van der Waals surface area contributed by atoms with E-state index in [0.717, 1.165) is 0 Å². The van der Waals surface area contributed by atoms with Gasteiger partial charge in [-0.05, 0) is 12.8 Å². The van der Waals surface area contributed by atoms with Gasteiger partial charge in [-0.3, -0.25) is 14.4 Å². The van der Waals surface area contributed by atoms with Crippen molar-refractivity contribution in [3.8, 4) is 12.3 Å². The third-order valence-corrected chi connectivity index (χ3v) is 4.14. The number of aliphatic carboxylic acids is 1. The molecule has 10 nitrogen and oxygen atoms in total. The quantitative estimate of drug-likeness (QED) is 0.148. The molecular formula is C23H39NO9. The molecular weight excluding hydrogens is 434 g/mol. The highest BCUT2D eigenvalue weighted by molar-refractivity contribution is 5.78. The number of carbonyl (C=O) groups excluding carboxylic acids is 2. The Morgan fingerprint density at radius 2 is 1.21 bits per heavy atom. The monoisotopic (exact) mass is 473 g/mol. The van der Waals surface area contributed by atoms with E-state index < -0.39 is 5.97 Å². The molecule has 0 saturated carbocycles. The second-order valence-corrected chi connectivity index (χ2v) is 7.01. The second kappa shape index (κ2) is 24.6. The van der Waals surface area contributed by atoms with Gasteiger partial charge >= 0.3 is 5.97 Å². The predicted molar refractivity (Wildman–Crippen MR) is 121 cm³/mol. The highest BCUT2D eigenvalue weighted by Crippen LogP contribution is 1.97. The molecule has 0 unspecified atom stereocenters. The van der Waals surface area contributed by atoms with Gasteiger partial charge in [-0.15, -0.1) is 12.3 Å². The van der Waals surface area contributed by atoms with Crippen molar-refractivity contribution in [2.45, 2.75) is 44.9 Å². The first-order valence-corrected chi connectivity index (χ1v) is 11.4. The fourth-order valence-electron chi connectivity index (χ4n) is 2.41. The van der Waals surface area contributed by atoms with E-state index in [9.17, 15) is 14.4 Å². The van der Waals surface area contributed by atoms with Crippen LogP contribution in [0.1, 0.15) is 44.9 Å². The minimum atomic E-state index is -0.889. The van der Waals surface area contributed by atoms with Crippen molar-refractivity contribution in [3.63, 3.8) is 0 Å². The number of rotatable bonds is 25. The Morgan fingerprint density at radius 3 is 1.82 bits per heavy atom. The van der Waals surface area contributed by atoms with Gasteiger partial charge in [0.2, 0.25) is 5.91 Å². The standard InChI is InChI=1S/C23H39NO9/c1-2-3-4-7-22(26)24-10-14-32-18-20-33-19-17-30-12-8-21(25)6-5-11-29-15-16-31-13-9-23(27)28/h1H,3-20H2,(H,24,26)(H,27,28). The fourth-order valence-corrected chi connectivity index (χ4v) is 2.41. The highest BCUT2D eigenvalue weighted by Gasteiger charge is 2.03. The third-order valence-electron chi connectivity index (χ3n) is 4.14. The van der Waals surface area contributed by atoms with E-state index in [1.165, 1.54) is 0 Å². The molecule has 33 heavy (non-hydrogen) atoms. The van der Waals surface area contributed by atoms with Crippen molar-refractivity contribution in [1.82, 2.24) is 5.32 Å². The summed E-state index contributed by atoms with van der Waals surface area (Å²) in [5.41, 5.74) is 0. The Bertz CT molecular complexity index is 549. The molecule has 0 aromatic rings. The summed E-state index contributed by atoms with van der Waals surface area (Å²) in [6, 6.07) is 0. The number of ether oxygens (including phenoxy) is 5. The number of amides is 1. The summed E-state index contributed by atoms with van der Waals surface area (Å²) < 4.78 is 26.5. The van der Waals surface area contributed by atoms with Gasteiger partial charge in [-0.1, -0.05) is 0 Å². The van der Waals surface area contributed by atoms with Crippen molar-refractivity contribution in [2.24, 2.45) is 0 Å². The maximum Gasteiger partial charge on any atom is 0.305 e. The Morgan fingerprint density at radius 1 is 0.667 bits per heavy atom. The Balaban J connectivity index is 3.23. The lowest BCUT2D eigenvalue weighted by Crippen LogP contribution is -2.27. The second-order valence-electron chi connectivity index (χ2n) is 7.01. The average molecular weight is 474 g/mol. The van der Waals surface area contributed by atoms with Gasteiger partial charge in [-0.25, -0.2) is 0 Å². The number of unbranched alkanes of at least 4 members (excludes halogenated alkanes) is 1. The zero-order valence-electron chi connectivity index (χ0n) is 19.5. The lowest BCUT2D eigenvalue weighted by Gasteiger charge is -2.08. The van der Waals surface area contributed by atoms with Gasteiger partial charge in [0, 0.05) is 38.8 Å². The molecule has 0 bridgehead atoms. The lowest BCUT2D eigenvalue weighted by atomic mass is 10.2. The van der Waals surface area contributed by atoms with Crippen LogP contribution in [0.25, 0.3) is 0 Å². The van der Waals surface area contributed by atoms with E-state index in [1.54, 1.807) is 0 Å². The summed E-state index contributed by atoms with van der Waals surface area (Å²) in [7, 11) is 0. The van der Waals surface area contributed by atoms with E-state index in [0.29, 0.717) is 105 Å². The molecule has 0 aromatic carbocycles. The van der Waals surface area contributed by atoms with Crippen LogP contribution in [0.4, 0.5) is 0 Å². The molecule has 0 aromatic heterocycles. The number of carbonyl (C=O) groups is 3. The molecule has 2 N–H and O–H groups in total. The van der Waals surface area contributed by atoms with E-state index in [4.69, 9.17) is 35.2 Å². The summed E-state index contributed by atoms with van der Waals surface area (Å²) in [6.45, 7) is 4.30. The lowest BCUT2D eigenvalue weighted by molar-refractivity contribution is -0.138. The molecule has 0 heterocycles. The summed E-state index contributed by atoms with van der Waals surface area (Å²) in [6.07, 6.45) is 8.26. The van der Waals surface area contributed by atoms with Crippen molar-refractivity contribution in [2.75, 3.05) is 72.6 Å². The van der Waals surface area contributed by atoms with Gasteiger partial charge in [-0.2, -0.15) is 0 Å². The zero-order valence-corrected chi connectivity index (χ0v) is 19.5. The SMILES string of the molecule is C#CCCCC(=O)NCCOCCOCCOCCC(=O)CCCOCCOCCC(=O)O. The van der Waals surface area contributed by atoms with Crippen molar-refractivity contribution >= 4 is 17.7 Å². The Kier molecular flexibility index (Phi) is 23.1. The number of ketones is 1. The van der Waals surface area contributed by atoms with Gasteiger partial charge in [0.25, 0.3) is 0 Å². The number of hydrogen-bond donors (Lipinski definition) is 2. The molecule has 190 valence electrons. The summed E-state index contributed by atoms with van der Waals surface area (Å²) in [5, 5.41) is 11.2. The smallest absolute Gasteiger partial charge is 0.305 e. The number of carboxylic acids is 1. The minimum absolute atomic E-state index is 0.0194. The Hall–Kier alpha value is -2.03. The predicted octanol–water partition coefficient (Wildman–Crippen LogP) is 1.20. The van der Waals surface area contributed by atoms with E-state index >= 15 is 0 Å².